The second kappa shape index (κ2) is 6.00. The Kier molecular flexibility index (Phi) is 4.93. The molecule has 0 aromatic heterocycles. The van der Waals surface area contributed by atoms with Gasteiger partial charge in [0.2, 0.25) is 12.7 Å². The first kappa shape index (κ1) is 14.0. The van der Waals surface area contributed by atoms with Gasteiger partial charge in [0, 0.05) is 12.0 Å². The van der Waals surface area contributed by atoms with Gasteiger partial charge in [0.15, 0.2) is 6.10 Å². The molecule has 0 spiro atoms. The number of ether oxygens (including phenoxy) is 2. The van der Waals surface area contributed by atoms with E-state index in [1.165, 1.54) is 0 Å². The maximum absolute atomic E-state index is 11.5. The monoisotopic (exact) mass is 243 g/mol. The Bertz CT molecular complexity index is 272. The molecule has 1 amide bonds. The molecule has 5 heteroatoms. The molecule has 0 saturated carbocycles. The molecule has 17 heavy (non-hydrogen) atoms. The van der Waals surface area contributed by atoms with Crippen LogP contribution in [0.25, 0.3) is 0 Å². The molecule has 1 aliphatic rings. The summed E-state index contributed by atoms with van der Waals surface area (Å²) >= 11 is 0. The normalized spacial score (nSPS) is 24.5. The van der Waals surface area contributed by atoms with Crippen molar-refractivity contribution >= 4 is 12.4 Å². The Balaban J connectivity index is 2.26. The largest absolute Gasteiger partial charge is 0.433 e. The molecule has 2 unspecified atom stereocenters. The highest BCUT2D eigenvalue weighted by atomic mass is 16.8. The van der Waals surface area contributed by atoms with E-state index in [2.05, 4.69) is 5.32 Å². The summed E-state index contributed by atoms with van der Waals surface area (Å²) < 4.78 is 10.8. The zero-order valence-corrected chi connectivity index (χ0v) is 10.7. The summed E-state index contributed by atoms with van der Waals surface area (Å²) in [5.74, 6) is -0.270. The number of esters is 1. The molecule has 98 valence electrons. The number of amides is 1. The van der Waals surface area contributed by atoms with Crippen LogP contribution in [0.1, 0.15) is 40.0 Å². The molecular weight excluding hydrogens is 222 g/mol. The van der Waals surface area contributed by atoms with E-state index < -0.39 is 12.4 Å². The van der Waals surface area contributed by atoms with Gasteiger partial charge in [0.25, 0.3) is 0 Å². The van der Waals surface area contributed by atoms with E-state index in [4.69, 9.17) is 9.47 Å². The minimum Gasteiger partial charge on any atom is -0.433 e. The van der Waals surface area contributed by atoms with Gasteiger partial charge < -0.3 is 14.8 Å². The summed E-state index contributed by atoms with van der Waals surface area (Å²) in [6.45, 7) is 6.55. The first-order valence-electron chi connectivity index (χ1n) is 5.98. The van der Waals surface area contributed by atoms with Gasteiger partial charge in [-0.05, 0) is 19.3 Å². The van der Waals surface area contributed by atoms with Crippen molar-refractivity contribution in [3.63, 3.8) is 0 Å². The number of nitrogens with one attached hydrogen (secondary N) is 1. The molecule has 1 rings (SSSR count). The third kappa shape index (κ3) is 4.34. The van der Waals surface area contributed by atoms with Crippen molar-refractivity contribution in [1.29, 1.82) is 0 Å². The molecule has 0 radical (unpaired) electrons. The maximum atomic E-state index is 11.5. The lowest BCUT2D eigenvalue weighted by Gasteiger charge is -2.24. The van der Waals surface area contributed by atoms with Crippen molar-refractivity contribution in [3.05, 3.63) is 0 Å². The fourth-order valence-electron chi connectivity index (χ4n) is 1.60. The topological polar surface area (TPSA) is 64.6 Å². The van der Waals surface area contributed by atoms with Gasteiger partial charge in [-0.15, -0.1) is 0 Å². The average molecular weight is 243 g/mol. The number of hydrogen-bond acceptors (Lipinski definition) is 4. The minimum atomic E-state index is -0.451. The minimum absolute atomic E-state index is 0.191. The van der Waals surface area contributed by atoms with Crippen molar-refractivity contribution in [2.75, 3.05) is 6.54 Å². The molecular formula is C12H21NO4. The van der Waals surface area contributed by atoms with Crippen LogP contribution < -0.4 is 5.32 Å². The number of rotatable bonds is 6. The third-order valence-corrected chi connectivity index (χ3v) is 2.60. The highest BCUT2D eigenvalue weighted by Gasteiger charge is 2.41. The number of carbonyl (C=O) groups is 2. The predicted molar refractivity (Wildman–Crippen MR) is 62.1 cm³/mol. The van der Waals surface area contributed by atoms with Crippen molar-refractivity contribution in [2.45, 2.75) is 52.4 Å². The van der Waals surface area contributed by atoms with Gasteiger partial charge in [0.05, 0.1) is 0 Å². The Morgan fingerprint density at radius 1 is 1.35 bits per heavy atom. The predicted octanol–water partition coefficient (Wildman–Crippen LogP) is 1.22. The van der Waals surface area contributed by atoms with E-state index in [1.54, 1.807) is 0 Å². The first-order valence-corrected chi connectivity index (χ1v) is 5.98. The van der Waals surface area contributed by atoms with Gasteiger partial charge in [0.1, 0.15) is 0 Å². The van der Waals surface area contributed by atoms with Crippen LogP contribution >= 0.6 is 0 Å². The second-order valence-corrected chi connectivity index (χ2v) is 5.33. The molecule has 1 aliphatic heterocycles. The van der Waals surface area contributed by atoms with Crippen LogP contribution in [-0.4, -0.2) is 31.3 Å². The molecule has 1 fully saturated rings. The fourth-order valence-corrected chi connectivity index (χ4v) is 1.60. The lowest BCUT2D eigenvalue weighted by molar-refractivity contribution is -0.154. The Morgan fingerprint density at radius 2 is 2.06 bits per heavy atom. The van der Waals surface area contributed by atoms with Crippen molar-refractivity contribution in [3.8, 4) is 0 Å². The summed E-state index contributed by atoms with van der Waals surface area (Å²) in [6.07, 6.45) is 2.09. The van der Waals surface area contributed by atoms with E-state index in [1.807, 2.05) is 20.8 Å². The maximum Gasteiger partial charge on any atom is 0.337 e. The van der Waals surface area contributed by atoms with Gasteiger partial charge in [-0.2, -0.15) is 0 Å². The fraction of sp³-hybridized carbons (Fsp3) is 0.833. The van der Waals surface area contributed by atoms with Gasteiger partial charge >= 0.3 is 5.97 Å². The zero-order valence-electron chi connectivity index (χ0n) is 10.7. The quantitative estimate of drug-likeness (QED) is 0.433. The lowest BCUT2D eigenvalue weighted by Crippen LogP contribution is -2.27. The third-order valence-electron chi connectivity index (χ3n) is 2.60. The van der Waals surface area contributed by atoms with Crippen molar-refractivity contribution in [1.82, 2.24) is 5.32 Å². The van der Waals surface area contributed by atoms with Gasteiger partial charge in [-0.3, -0.25) is 4.79 Å². The van der Waals surface area contributed by atoms with Crippen LogP contribution in [0.2, 0.25) is 0 Å². The number of carbonyl (C=O) groups excluding carboxylic acids is 2. The second-order valence-electron chi connectivity index (χ2n) is 5.33. The van der Waals surface area contributed by atoms with E-state index in [-0.39, 0.29) is 11.4 Å². The smallest absolute Gasteiger partial charge is 0.337 e. The Hall–Kier alpha value is -1.10. The van der Waals surface area contributed by atoms with E-state index in [9.17, 15) is 9.59 Å². The van der Waals surface area contributed by atoms with Crippen molar-refractivity contribution in [2.24, 2.45) is 5.41 Å². The average Bonchev–Trinajstić information content (AvgIpc) is 2.60. The van der Waals surface area contributed by atoms with Crippen LogP contribution in [0, 0.1) is 5.41 Å². The molecule has 1 N–H and O–H groups in total. The van der Waals surface area contributed by atoms with E-state index in [0.717, 1.165) is 12.8 Å². The standard InChI is InChI=1S/C12H21NO4/c1-12(2,3)11-16-9(10(15)17-11)6-4-5-7-13-8-14/h8-9,11H,4-7H2,1-3H3,(H,13,14). The summed E-state index contributed by atoms with van der Waals surface area (Å²) in [4.78, 5) is 21.6. The highest BCUT2D eigenvalue weighted by molar-refractivity contribution is 5.76. The summed E-state index contributed by atoms with van der Waals surface area (Å²) in [7, 11) is 0. The number of hydrogen-bond donors (Lipinski definition) is 1. The van der Waals surface area contributed by atoms with Crippen molar-refractivity contribution < 1.29 is 19.1 Å². The van der Waals surface area contributed by atoms with Crippen LogP contribution in [-0.2, 0) is 19.1 Å². The van der Waals surface area contributed by atoms with Crippen LogP contribution in [0.5, 0.6) is 0 Å². The SMILES string of the molecule is CC(C)(C)C1OC(=O)C(CCCCNC=O)O1. The van der Waals surface area contributed by atoms with Gasteiger partial charge in [-0.25, -0.2) is 4.79 Å². The number of cyclic esters (lactones) is 1. The zero-order chi connectivity index (χ0) is 12.9. The molecule has 0 bridgehead atoms. The summed E-state index contributed by atoms with van der Waals surface area (Å²) in [5, 5.41) is 2.58. The molecule has 0 aliphatic carbocycles. The summed E-state index contributed by atoms with van der Waals surface area (Å²) in [6, 6.07) is 0. The van der Waals surface area contributed by atoms with Crippen LogP contribution in [0.3, 0.4) is 0 Å². The van der Waals surface area contributed by atoms with Crippen LogP contribution in [0.15, 0.2) is 0 Å². The van der Waals surface area contributed by atoms with E-state index >= 15 is 0 Å². The highest BCUT2D eigenvalue weighted by Crippen LogP contribution is 2.30. The number of unbranched alkanes of at least 4 members (excludes halogenated alkanes) is 1. The Morgan fingerprint density at radius 3 is 2.59 bits per heavy atom. The first-order chi connectivity index (χ1) is 7.95. The van der Waals surface area contributed by atoms with Gasteiger partial charge in [-0.1, -0.05) is 20.8 Å². The molecule has 5 nitrogen and oxygen atoms in total. The summed E-state index contributed by atoms with van der Waals surface area (Å²) in [5.41, 5.74) is -0.191. The molecule has 0 aromatic rings. The molecule has 1 saturated heterocycles. The molecule has 1 heterocycles. The molecule has 2 atom stereocenters. The van der Waals surface area contributed by atoms with E-state index in [0.29, 0.717) is 19.4 Å². The molecule has 0 aromatic carbocycles. The van der Waals surface area contributed by atoms with Crippen LogP contribution in [0.4, 0.5) is 0 Å². The lowest BCUT2D eigenvalue weighted by atomic mass is 9.96. The Labute approximate surface area is 102 Å².